The fourth-order valence-corrected chi connectivity index (χ4v) is 3.46. The first kappa shape index (κ1) is 16.4. The normalized spacial score (nSPS) is 11.1. The molecule has 0 spiro atoms. The summed E-state index contributed by atoms with van der Waals surface area (Å²) in [4.78, 5) is 17.7. The van der Waals surface area contributed by atoms with E-state index in [0.717, 1.165) is 10.4 Å². The van der Waals surface area contributed by atoms with Gasteiger partial charge in [0.2, 0.25) is 0 Å². The summed E-state index contributed by atoms with van der Waals surface area (Å²) in [7, 11) is 0. The topological polar surface area (TPSA) is 65.8 Å². The zero-order valence-corrected chi connectivity index (χ0v) is 14.6. The highest BCUT2D eigenvalue weighted by atomic mass is 35.5. The minimum Gasteiger partial charge on any atom is -0.298 e. The van der Waals surface area contributed by atoms with Crippen LogP contribution in [-0.2, 0) is 4.79 Å². The summed E-state index contributed by atoms with van der Waals surface area (Å²) in [6, 6.07) is 12.8. The molecule has 0 atom stereocenters. The summed E-state index contributed by atoms with van der Waals surface area (Å²) >= 11 is 8.59. The first-order valence-corrected chi connectivity index (χ1v) is 8.91. The van der Waals surface area contributed by atoms with Gasteiger partial charge in [-0.05, 0) is 35.2 Å². The number of thiazole rings is 1. The maximum Gasteiger partial charge on any atom is 0.258 e. The second kappa shape index (κ2) is 7.41. The van der Waals surface area contributed by atoms with Crippen LogP contribution in [-0.4, -0.2) is 10.9 Å². The van der Waals surface area contributed by atoms with Gasteiger partial charge < -0.3 is 0 Å². The van der Waals surface area contributed by atoms with Crippen LogP contribution < -0.4 is 5.32 Å². The van der Waals surface area contributed by atoms with Crippen molar-refractivity contribution in [1.29, 1.82) is 5.26 Å². The van der Waals surface area contributed by atoms with Crippen molar-refractivity contribution in [2.75, 3.05) is 5.32 Å². The van der Waals surface area contributed by atoms with Crippen LogP contribution in [0.1, 0.15) is 16.0 Å². The first-order chi connectivity index (χ1) is 11.7. The van der Waals surface area contributed by atoms with E-state index in [1.54, 1.807) is 24.3 Å². The Kier molecular flexibility index (Phi) is 5.06. The number of amides is 1. The molecule has 0 bridgehead atoms. The van der Waals surface area contributed by atoms with Crippen molar-refractivity contribution in [3.63, 3.8) is 0 Å². The lowest BCUT2D eigenvalue weighted by Crippen LogP contribution is -2.13. The van der Waals surface area contributed by atoms with Gasteiger partial charge >= 0.3 is 0 Å². The maximum atomic E-state index is 12.7. The van der Waals surface area contributed by atoms with Crippen LogP contribution in [0.4, 0.5) is 5.13 Å². The molecule has 0 radical (unpaired) electrons. The quantitative estimate of drug-likeness (QED) is 0.662. The van der Waals surface area contributed by atoms with Gasteiger partial charge in [0, 0.05) is 10.5 Å². The van der Waals surface area contributed by atoms with E-state index >= 15 is 0 Å². The number of carbonyl (C=O) groups excluding carboxylic acids is 1. The maximum absolute atomic E-state index is 12.7. The van der Waals surface area contributed by atoms with Gasteiger partial charge in [0.25, 0.3) is 5.91 Å². The predicted octanol–water partition coefficient (Wildman–Crippen LogP) is 4.91. The largest absolute Gasteiger partial charge is 0.298 e. The molecule has 3 aromatic rings. The number of nitrogens with zero attached hydrogens (tertiary/aromatic N) is 2. The van der Waals surface area contributed by atoms with Crippen LogP contribution in [0, 0.1) is 11.3 Å². The van der Waals surface area contributed by atoms with Crippen molar-refractivity contribution in [2.45, 2.75) is 0 Å². The lowest BCUT2D eigenvalue weighted by molar-refractivity contribution is -0.111. The van der Waals surface area contributed by atoms with Gasteiger partial charge in [0.05, 0.1) is 17.8 Å². The third-order valence-electron chi connectivity index (χ3n) is 3.10. The molecule has 1 N–H and O–H groups in total. The van der Waals surface area contributed by atoms with E-state index in [4.69, 9.17) is 16.9 Å². The SMILES string of the molecule is N#Cc1ccc(/C(=C\c2cccs2)C(=O)Nc2ncc(Cl)s2)cc1. The summed E-state index contributed by atoms with van der Waals surface area (Å²) in [5, 5.41) is 14.1. The Labute approximate surface area is 151 Å². The smallest absolute Gasteiger partial charge is 0.258 e. The van der Waals surface area contributed by atoms with E-state index in [2.05, 4.69) is 16.4 Å². The van der Waals surface area contributed by atoms with Crippen molar-refractivity contribution in [1.82, 2.24) is 4.98 Å². The third-order valence-corrected chi connectivity index (χ3v) is 4.95. The Morgan fingerprint density at radius 1 is 1.29 bits per heavy atom. The van der Waals surface area contributed by atoms with Crippen LogP contribution in [0.25, 0.3) is 11.6 Å². The Morgan fingerprint density at radius 3 is 2.67 bits per heavy atom. The number of anilines is 1. The molecular weight excluding hydrogens is 362 g/mol. The third kappa shape index (κ3) is 3.89. The molecule has 0 fully saturated rings. The molecule has 0 aliphatic heterocycles. The fourth-order valence-electron chi connectivity index (χ4n) is 2.00. The van der Waals surface area contributed by atoms with Gasteiger partial charge in [-0.3, -0.25) is 10.1 Å². The summed E-state index contributed by atoms with van der Waals surface area (Å²) in [5.41, 5.74) is 1.76. The highest BCUT2D eigenvalue weighted by molar-refractivity contribution is 7.19. The monoisotopic (exact) mass is 371 g/mol. The van der Waals surface area contributed by atoms with Gasteiger partial charge in [0.1, 0.15) is 4.34 Å². The van der Waals surface area contributed by atoms with Crippen LogP contribution in [0.15, 0.2) is 48.0 Å². The standard InChI is InChI=1S/C17H10ClN3OS2/c18-15-10-20-17(24-15)21-16(22)14(8-13-2-1-7-23-13)12-5-3-11(9-19)4-6-12/h1-8,10H,(H,20,21,22)/b14-8+. The number of hydrogen-bond donors (Lipinski definition) is 1. The molecule has 2 aromatic heterocycles. The van der Waals surface area contributed by atoms with Crippen molar-refractivity contribution >= 4 is 57.0 Å². The minimum absolute atomic E-state index is 0.279. The molecule has 0 aliphatic rings. The highest BCUT2D eigenvalue weighted by Crippen LogP contribution is 2.26. The van der Waals surface area contributed by atoms with Gasteiger partial charge in [-0.25, -0.2) is 4.98 Å². The second-order valence-corrected chi connectivity index (χ2v) is 7.33. The van der Waals surface area contributed by atoms with Crippen LogP contribution in [0.3, 0.4) is 0 Å². The predicted molar refractivity (Wildman–Crippen MR) is 99.1 cm³/mol. The molecule has 0 saturated carbocycles. The average Bonchev–Trinajstić information content (AvgIpc) is 3.24. The summed E-state index contributed by atoms with van der Waals surface area (Å²) in [5.74, 6) is -0.279. The first-order valence-electron chi connectivity index (χ1n) is 6.84. The summed E-state index contributed by atoms with van der Waals surface area (Å²) in [6.07, 6.45) is 3.31. The molecule has 118 valence electrons. The zero-order valence-electron chi connectivity index (χ0n) is 12.2. The molecule has 1 amide bonds. The lowest BCUT2D eigenvalue weighted by atomic mass is 10.0. The molecule has 2 heterocycles. The van der Waals surface area contributed by atoms with Crippen molar-refractivity contribution < 1.29 is 4.79 Å². The van der Waals surface area contributed by atoms with E-state index in [1.807, 2.05) is 23.6 Å². The Morgan fingerprint density at radius 2 is 2.08 bits per heavy atom. The molecule has 1 aromatic carbocycles. The van der Waals surface area contributed by atoms with E-state index in [0.29, 0.717) is 20.6 Å². The van der Waals surface area contributed by atoms with Crippen LogP contribution in [0.2, 0.25) is 4.34 Å². The van der Waals surface area contributed by atoms with Crippen molar-refractivity contribution in [2.24, 2.45) is 0 Å². The molecule has 4 nitrogen and oxygen atoms in total. The van der Waals surface area contributed by atoms with E-state index in [9.17, 15) is 4.79 Å². The van der Waals surface area contributed by atoms with E-state index in [1.165, 1.54) is 28.9 Å². The van der Waals surface area contributed by atoms with Gasteiger partial charge in [-0.2, -0.15) is 5.26 Å². The molecule has 0 aliphatic carbocycles. The van der Waals surface area contributed by atoms with E-state index < -0.39 is 0 Å². The fraction of sp³-hybridized carbons (Fsp3) is 0. The number of nitriles is 1. The minimum atomic E-state index is -0.279. The van der Waals surface area contributed by atoms with Gasteiger partial charge in [-0.15, -0.1) is 11.3 Å². The molecule has 24 heavy (non-hydrogen) atoms. The van der Waals surface area contributed by atoms with Gasteiger partial charge in [0.15, 0.2) is 5.13 Å². The number of rotatable bonds is 4. The Balaban J connectivity index is 1.95. The Bertz CT molecular complexity index is 922. The number of hydrogen-bond acceptors (Lipinski definition) is 5. The molecular formula is C17H10ClN3OS2. The number of nitrogens with one attached hydrogen (secondary N) is 1. The summed E-state index contributed by atoms with van der Waals surface area (Å²) < 4.78 is 0.507. The molecule has 0 unspecified atom stereocenters. The molecule has 3 rings (SSSR count). The number of thiophene rings is 1. The van der Waals surface area contributed by atoms with Crippen molar-refractivity contribution in [3.05, 3.63) is 68.3 Å². The number of aromatic nitrogens is 1. The number of halogens is 1. The van der Waals surface area contributed by atoms with Crippen LogP contribution in [0.5, 0.6) is 0 Å². The second-order valence-electron chi connectivity index (χ2n) is 4.69. The highest BCUT2D eigenvalue weighted by Gasteiger charge is 2.14. The number of carbonyl (C=O) groups is 1. The Hall–Kier alpha value is -2.46. The average molecular weight is 372 g/mol. The van der Waals surface area contributed by atoms with E-state index in [-0.39, 0.29) is 5.91 Å². The zero-order chi connectivity index (χ0) is 16.9. The summed E-state index contributed by atoms with van der Waals surface area (Å²) in [6.45, 7) is 0. The van der Waals surface area contributed by atoms with Crippen molar-refractivity contribution in [3.8, 4) is 6.07 Å². The molecule has 0 saturated heterocycles. The van der Waals surface area contributed by atoms with Crippen LogP contribution >= 0.6 is 34.3 Å². The molecule has 7 heteroatoms. The lowest BCUT2D eigenvalue weighted by Gasteiger charge is -2.07. The van der Waals surface area contributed by atoms with Gasteiger partial charge in [-0.1, -0.05) is 41.1 Å². The number of benzene rings is 1.